The molecule has 2 rings (SSSR count). The fourth-order valence-corrected chi connectivity index (χ4v) is 1.99. The van der Waals surface area contributed by atoms with Crippen LogP contribution in [0.2, 0.25) is 0 Å². The number of hydrogen-bond acceptors (Lipinski definition) is 2. The van der Waals surface area contributed by atoms with Crippen molar-refractivity contribution in [3.8, 4) is 0 Å². The van der Waals surface area contributed by atoms with Gasteiger partial charge in [-0.05, 0) is 39.2 Å². The summed E-state index contributed by atoms with van der Waals surface area (Å²) in [7, 11) is 0. The molecule has 2 aliphatic rings. The monoisotopic (exact) mass is 166 g/mol. The number of fused-ring (bicyclic) bond motifs is 1. The molecule has 0 N–H and O–H groups in total. The molecule has 0 radical (unpaired) electrons. The summed E-state index contributed by atoms with van der Waals surface area (Å²) in [5.41, 5.74) is -0.569. The predicted octanol–water partition coefficient (Wildman–Crippen LogP) is 2.05. The van der Waals surface area contributed by atoms with Crippen LogP contribution in [0.1, 0.15) is 33.1 Å². The Bertz CT molecular complexity index is 251. The SMILES string of the molecule is CC1(C)OC2=CCCCC2C1=O. The second-order valence-electron chi connectivity index (χ2n) is 4.07. The van der Waals surface area contributed by atoms with Crippen molar-refractivity contribution >= 4 is 5.78 Å². The Kier molecular flexibility index (Phi) is 1.53. The molecule has 1 aliphatic heterocycles. The summed E-state index contributed by atoms with van der Waals surface area (Å²) in [5.74, 6) is 1.26. The molecule has 0 amide bonds. The number of ketones is 1. The summed E-state index contributed by atoms with van der Waals surface area (Å²) < 4.78 is 5.58. The third-order valence-electron chi connectivity index (χ3n) is 2.67. The molecule has 1 fully saturated rings. The van der Waals surface area contributed by atoms with Crippen LogP contribution in [0.5, 0.6) is 0 Å². The van der Waals surface area contributed by atoms with Crippen LogP contribution in [-0.2, 0) is 9.53 Å². The first kappa shape index (κ1) is 7.84. The first-order valence-electron chi connectivity index (χ1n) is 4.54. The molecule has 1 atom stereocenters. The van der Waals surface area contributed by atoms with Gasteiger partial charge in [0.05, 0.1) is 5.92 Å². The first-order chi connectivity index (χ1) is 5.61. The molecule has 0 saturated carbocycles. The van der Waals surface area contributed by atoms with Gasteiger partial charge in [0.2, 0.25) is 0 Å². The zero-order chi connectivity index (χ0) is 8.77. The number of carbonyl (C=O) groups excluding carboxylic acids is 1. The van der Waals surface area contributed by atoms with Crippen LogP contribution >= 0.6 is 0 Å². The van der Waals surface area contributed by atoms with Gasteiger partial charge in [-0.25, -0.2) is 0 Å². The maximum atomic E-state index is 11.7. The van der Waals surface area contributed by atoms with Gasteiger partial charge >= 0.3 is 0 Å². The van der Waals surface area contributed by atoms with Crippen molar-refractivity contribution in [1.82, 2.24) is 0 Å². The summed E-state index contributed by atoms with van der Waals surface area (Å²) in [6, 6.07) is 0. The normalized spacial score (nSPS) is 32.3. The van der Waals surface area contributed by atoms with Crippen LogP contribution in [0, 0.1) is 5.92 Å². The molecule has 0 spiro atoms. The van der Waals surface area contributed by atoms with Gasteiger partial charge in [-0.2, -0.15) is 0 Å². The van der Waals surface area contributed by atoms with E-state index in [1.54, 1.807) is 0 Å². The third-order valence-corrected chi connectivity index (χ3v) is 2.67. The molecule has 0 aromatic heterocycles. The average molecular weight is 166 g/mol. The average Bonchev–Trinajstić information content (AvgIpc) is 2.24. The minimum absolute atomic E-state index is 0.0775. The van der Waals surface area contributed by atoms with Gasteiger partial charge in [-0.3, -0.25) is 4.79 Å². The standard InChI is InChI=1S/C10H14O2/c1-10(2)9(11)7-5-3-4-6-8(7)12-10/h6-7H,3-5H2,1-2H3. The molecule has 66 valence electrons. The Labute approximate surface area is 72.6 Å². The maximum absolute atomic E-state index is 11.7. The van der Waals surface area contributed by atoms with Gasteiger partial charge in [-0.1, -0.05) is 0 Å². The fraction of sp³-hybridized carbons (Fsp3) is 0.700. The number of hydrogen-bond donors (Lipinski definition) is 0. The van der Waals surface area contributed by atoms with Crippen molar-refractivity contribution in [2.75, 3.05) is 0 Å². The Hall–Kier alpha value is -0.790. The molecular weight excluding hydrogens is 152 g/mol. The van der Waals surface area contributed by atoms with Crippen LogP contribution in [0.4, 0.5) is 0 Å². The summed E-state index contributed by atoms with van der Waals surface area (Å²) in [5, 5.41) is 0. The molecule has 1 heterocycles. The second kappa shape index (κ2) is 2.35. The van der Waals surface area contributed by atoms with Crippen LogP contribution in [0.3, 0.4) is 0 Å². The quantitative estimate of drug-likeness (QED) is 0.550. The van der Waals surface area contributed by atoms with E-state index in [0.29, 0.717) is 0 Å². The molecule has 0 aromatic carbocycles. The highest BCUT2D eigenvalue weighted by molar-refractivity contribution is 5.93. The van der Waals surface area contributed by atoms with Crippen LogP contribution < -0.4 is 0 Å². The lowest BCUT2D eigenvalue weighted by molar-refractivity contribution is -0.129. The molecule has 1 saturated heterocycles. The van der Waals surface area contributed by atoms with Gasteiger partial charge in [0.1, 0.15) is 5.76 Å². The van der Waals surface area contributed by atoms with Crippen LogP contribution in [0.25, 0.3) is 0 Å². The number of rotatable bonds is 0. The number of carbonyl (C=O) groups is 1. The Morgan fingerprint density at radius 1 is 1.58 bits per heavy atom. The van der Waals surface area contributed by atoms with Gasteiger partial charge < -0.3 is 4.74 Å². The van der Waals surface area contributed by atoms with E-state index in [-0.39, 0.29) is 11.7 Å². The van der Waals surface area contributed by atoms with E-state index < -0.39 is 5.60 Å². The highest BCUT2D eigenvalue weighted by atomic mass is 16.5. The van der Waals surface area contributed by atoms with Gasteiger partial charge in [0.15, 0.2) is 11.4 Å². The maximum Gasteiger partial charge on any atom is 0.186 e. The summed E-state index contributed by atoms with van der Waals surface area (Å²) >= 11 is 0. The fourth-order valence-electron chi connectivity index (χ4n) is 1.99. The van der Waals surface area contributed by atoms with E-state index in [4.69, 9.17) is 4.74 Å². The van der Waals surface area contributed by atoms with Crippen molar-refractivity contribution in [3.05, 3.63) is 11.8 Å². The minimum Gasteiger partial charge on any atom is -0.484 e. The topological polar surface area (TPSA) is 26.3 Å². The number of ether oxygens (including phenoxy) is 1. The molecule has 1 aliphatic carbocycles. The van der Waals surface area contributed by atoms with E-state index in [2.05, 4.69) is 6.08 Å². The highest BCUT2D eigenvalue weighted by Gasteiger charge is 2.46. The summed E-state index contributed by atoms with van der Waals surface area (Å²) in [6.45, 7) is 3.71. The van der Waals surface area contributed by atoms with Gasteiger partial charge in [0, 0.05) is 0 Å². The first-order valence-corrected chi connectivity index (χ1v) is 4.54. The largest absolute Gasteiger partial charge is 0.484 e. The molecular formula is C10H14O2. The second-order valence-corrected chi connectivity index (χ2v) is 4.07. The van der Waals surface area contributed by atoms with Gasteiger partial charge in [-0.15, -0.1) is 0 Å². The van der Waals surface area contributed by atoms with E-state index in [0.717, 1.165) is 25.0 Å². The lowest BCUT2D eigenvalue weighted by Crippen LogP contribution is -2.29. The number of allylic oxidation sites excluding steroid dienone is 2. The van der Waals surface area contributed by atoms with Crippen molar-refractivity contribution in [3.63, 3.8) is 0 Å². The molecule has 12 heavy (non-hydrogen) atoms. The number of Topliss-reactive ketones (excluding diaryl/α,β-unsaturated/α-hetero) is 1. The van der Waals surface area contributed by atoms with Crippen molar-refractivity contribution < 1.29 is 9.53 Å². The lowest BCUT2D eigenvalue weighted by atomic mass is 9.87. The van der Waals surface area contributed by atoms with Crippen LogP contribution in [0.15, 0.2) is 11.8 Å². The minimum atomic E-state index is -0.569. The molecule has 2 heteroatoms. The van der Waals surface area contributed by atoms with E-state index in [1.165, 1.54) is 0 Å². The van der Waals surface area contributed by atoms with Crippen molar-refractivity contribution in [2.24, 2.45) is 5.92 Å². The highest BCUT2D eigenvalue weighted by Crippen LogP contribution is 2.39. The molecule has 1 unspecified atom stereocenters. The smallest absolute Gasteiger partial charge is 0.186 e. The Balaban J connectivity index is 2.32. The van der Waals surface area contributed by atoms with Crippen LogP contribution in [-0.4, -0.2) is 11.4 Å². The third kappa shape index (κ3) is 0.977. The van der Waals surface area contributed by atoms with Crippen molar-refractivity contribution in [2.45, 2.75) is 38.7 Å². The molecule has 0 bridgehead atoms. The lowest BCUT2D eigenvalue weighted by Gasteiger charge is -2.15. The van der Waals surface area contributed by atoms with Crippen molar-refractivity contribution in [1.29, 1.82) is 0 Å². The Morgan fingerprint density at radius 2 is 2.33 bits per heavy atom. The summed E-state index contributed by atoms with van der Waals surface area (Å²) in [4.78, 5) is 11.7. The summed E-state index contributed by atoms with van der Waals surface area (Å²) in [6.07, 6.45) is 5.24. The molecule has 0 aromatic rings. The van der Waals surface area contributed by atoms with Gasteiger partial charge in [0.25, 0.3) is 0 Å². The Morgan fingerprint density at radius 3 is 3.00 bits per heavy atom. The predicted molar refractivity (Wildman–Crippen MR) is 45.6 cm³/mol. The van der Waals surface area contributed by atoms with E-state index in [9.17, 15) is 4.79 Å². The van der Waals surface area contributed by atoms with E-state index >= 15 is 0 Å². The van der Waals surface area contributed by atoms with E-state index in [1.807, 2.05) is 13.8 Å². The zero-order valence-electron chi connectivity index (χ0n) is 7.59. The molecule has 2 nitrogen and oxygen atoms in total. The zero-order valence-corrected chi connectivity index (χ0v) is 7.59.